The first-order valence-corrected chi connectivity index (χ1v) is 8.64. The average Bonchev–Trinajstić information content (AvgIpc) is 2.44. The molecule has 0 aromatic heterocycles. The summed E-state index contributed by atoms with van der Waals surface area (Å²) in [4.78, 5) is 0. The number of hydrogen-bond donors (Lipinski definition) is 4. The van der Waals surface area contributed by atoms with Crippen LogP contribution in [0.4, 0.5) is 0 Å². The van der Waals surface area contributed by atoms with Gasteiger partial charge in [0.25, 0.3) is 10.2 Å². The average molecular weight is 306 g/mol. The molecule has 1 rings (SSSR count). The maximum absolute atomic E-state index is 12.0. The summed E-state index contributed by atoms with van der Waals surface area (Å²) in [5.41, 5.74) is 4.78. The molecule has 0 aromatic carbocycles. The molecule has 0 saturated heterocycles. The monoisotopic (exact) mass is 306 g/mol. The van der Waals surface area contributed by atoms with E-state index in [2.05, 4.69) is 21.5 Å². The van der Waals surface area contributed by atoms with Crippen molar-refractivity contribution < 1.29 is 13.6 Å². The van der Waals surface area contributed by atoms with E-state index in [4.69, 9.17) is 10.9 Å². The molecule has 0 spiro atoms. The van der Waals surface area contributed by atoms with E-state index < -0.39 is 15.7 Å². The van der Waals surface area contributed by atoms with Crippen LogP contribution in [0.25, 0.3) is 0 Å². The van der Waals surface area contributed by atoms with Gasteiger partial charge < -0.3 is 10.9 Å². The summed E-state index contributed by atoms with van der Waals surface area (Å²) in [7, 11) is -3.65. The quantitative estimate of drug-likeness (QED) is 0.242. The highest BCUT2D eigenvalue weighted by molar-refractivity contribution is 7.87. The van der Waals surface area contributed by atoms with Crippen molar-refractivity contribution in [3.63, 3.8) is 0 Å². The highest BCUT2D eigenvalue weighted by atomic mass is 32.2. The molecule has 0 radical (unpaired) electrons. The van der Waals surface area contributed by atoms with Gasteiger partial charge in [-0.25, -0.2) is 4.72 Å². The zero-order chi connectivity index (χ0) is 15.2. The molecular weight excluding hydrogens is 280 g/mol. The fraction of sp³-hybridized carbons (Fsp3) is 0.917. The number of nitrogens with one attached hydrogen (secondary N) is 2. The lowest BCUT2D eigenvalue weighted by Crippen LogP contribution is -2.61. The van der Waals surface area contributed by atoms with Crippen LogP contribution in [0.5, 0.6) is 0 Å². The fourth-order valence-corrected chi connectivity index (χ4v) is 3.98. The van der Waals surface area contributed by atoms with Gasteiger partial charge >= 0.3 is 0 Å². The first kappa shape index (κ1) is 17.2. The van der Waals surface area contributed by atoms with Gasteiger partial charge in [-0.1, -0.05) is 25.4 Å². The SMILES string of the molecule is CCCNS(=O)(=O)NC1(C(N)=NO)CCC(CC)CC1. The lowest BCUT2D eigenvalue weighted by Gasteiger charge is -2.39. The smallest absolute Gasteiger partial charge is 0.277 e. The van der Waals surface area contributed by atoms with E-state index in [0.29, 0.717) is 31.7 Å². The second-order valence-corrected chi connectivity index (χ2v) is 6.92. The van der Waals surface area contributed by atoms with E-state index in [1.807, 2.05) is 6.92 Å². The minimum absolute atomic E-state index is 0.0612. The highest BCUT2D eigenvalue weighted by Crippen LogP contribution is 2.34. The molecule has 0 amide bonds. The lowest BCUT2D eigenvalue weighted by molar-refractivity contribution is 0.252. The zero-order valence-electron chi connectivity index (χ0n) is 12.2. The van der Waals surface area contributed by atoms with Crippen molar-refractivity contribution in [3.8, 4) is 0 Å². The molecule has 8 heteroatoms. The van der Waals surface area contributed by atoms with Crippen LogP contribution in [0.15, 0.2) is 5.16 Å². The first-order valence-electron chi connectivity index (χ1n) is 7.15. The second kappa shape index (κ2) is 7.24. The molecule has 1 saturated carbocycles. The van der Waals surface area contributed by atoms with Gasteiger partial charge in [0.1, 0.15) is 0 Å². The number of rotatable bonds is 7. The molecule has 0 atom stereocenters. The third-order valence-electron chi connectivity index (χ3n) is 4.01. The molecule has 1 aliphatic rings. The van der Waals surface area contributed by atoms with Crippen LogP contribution >= 0.6 is 0 Å². The second-order valence-electron chi connectivity index (χ2n) is 5.42. The van der Waals surface area contributed by atoms with Crippen molar-refractivity contribution in [1.82, 2.24) is 9.44 Å². The highest BCUT2D eigenvalue weighted by Gasteiger charge is 2.42. The van der Waals surface area contributed by atoms with E-state index in [-0.39, 0.29) is 5.84 Å². The standard InChI is InChI=1S/C12H26N4O3S/c1-3-9-14-20(18,19)16-12(11(13)15-17)7-5-10(4-2)6-8-12/h10,14,16-17H,3-9H2,1-2H3,(H2,13,15). The van der Waals surface area contributed by atoms with Crippen molar-refractivity contribution in [2.45, 2.75) is 57.9 Å². The van der Waals surface area contributed by atoms with Gasteiger partial charge in [-0.05, 0) is 38.0 Å². The summed E-state index contributed by atoms with van der Waals surface area (Å²) in [6.07, 6.45) is 4.59. The Kier molecular flexibility index (Phi) is 6.22. The number of oxime groups is 1. The van der Waals surface area contributed by atoms with E-state index in [9.17, 15) is 8.42 Å². The zero-order valence-corrected chi connectivity index (χ0v) is 13.0. The minimum atomic E-state index is -3.65. The van der Waals surface area contributed by atoms with Crippen molar-refractivity contribution in [2.75, 3.05) is 6.54 Å². The molecule has 0 unspecified atom stereocenters. The van der Waals surface area contributed by atoms with Gasteiger partial charge in [0, 0.05) is 6.54 Å². The summed E-state index contributed by atoms with van der Waals surface area (Å²) in [5, 5.41) is 12.0. The molecule has 0 bridgehead atoms. The van der Waals surface area contributed by atoms with Gasteiger partial charge in [0.15, 0.2) is 5.84 Å². The van der Waals surface area contributed by atoms with Crippen LogP contribution in [0, 0.1) is 5.92 Å². The van der Waals surface area contributed by atoms with Crippen molar-refractivity contribution in [3.05, 3.63) is 0 Å². The summed E-state index contributed by atoms with van der Waals surface area (Å²) in [6, 6.07) is 0. The maximum atomic E-state index is 12.0. The van der Waals surface area contributed by atoms with Crippen molar-refractivity contribution in [1.29, 1.82) is 0 Å². The normalized spacial score (nSPS) is 28.5. The third-order valence-corrected chi connectivity index (χ3v) is 5.25. The predicted molar refractivity (Wildman–Crippen MR) is 78.7 cm³/mol. The van der Waals surface area contributed by atoms with Crippen molar-refractivity contribution >= 4 is 16.0 Å². The minimum Gasteiger partial charge on any atom is -0.409 e. The van der Waals surface area contributed by atoms with Crippen LogP contribution in [0.1, 0.15) is 52.4 Å². The van der Waals surface area contributed by atoms with Gasteiger partial charge in [-0.2, -0.15) is 13.1 Å². The molecule has 7 nitrogen and oxygen atoms in total. The predicted octanol–water partition coefficient (Wildman–Crippen LogP) is 0.906. The Balaban J connectivity index is 2.86. The Morgan fingerprint density at radius 2 is 2.00 bits per heavy atom. The third kappa shape index (κ3) is 4.32. The van der Waals surface area contributed by atoms with Gasteiger partial charge in [0.2, 0.25) is 0 Å². The van der Waals surface area contributed by atoms with Gasteiger partial charge in [-0.3, -0.25) is 0 Å². The van der Waals surface area contributed by atoms with Crippen LogP contribution in [-0.4, -0.2) is 31.5 Å². The lowest BCUT2D eigenvalue weighted by atomic mass is 9.75. The van der Waals surface area contributed by atoms with E-state index in [0.717, 1.165) is 19.3 Å². The van der Waals surface area contributed by atoms with Crippen LogP contribution in [0.2, 0.25) is 0 Å². The van der Waals surface area contributed by atoms with Crippen LogP contribution in [0.3, 0.4) is 0 Å². The van der Waals surface area contributed by atoms with Gasteiger partial charge in [0.05, 0.1) is 5.54 Å². The van der Waals surface area contributed by atoms with E-state index in [1.165, 1.54) is 0 Å². The largest absolute Gasteiger partial charge is 0.409 e. The molecule has 20 heavy (non-hydrogen) atoms. The van der Waals surface area contributed by atoms with E-state index in [1.54, 1.807) is 0 Å². The van der Waals surface area contributed by atoms with E-state index >= 15 is 0 Å². The number of hydrogen-bond acceptors (Lipinski definition) is 4. The summed E-state index contributed by atoms with van der Waals surface area (Å²) < 4.78 is 29.1. The summed E-state index contributed by atoms with van der Waals surface area (Å²) >= 11 is 0. The molecule has 5 N–H and O–H groups in total. The van der Waals surface area contributed by atoms with Crippen molar-refractivity contribution in [2.24, 2.45) is 16.8 Å². The molecule has 0 aromatic rings. The van der Waals surface area contributed by atoms with Crippen LogP contribution < -0.4 is 15.2 Å². The van der Waals surface area contributed by atoms with Gasteiger partial charge in [-0.15, -0.1) is 0 Å². The Morgan fingerprint density at radius 1 is 1.40 bits per heavy atom. The van der Waals surface area contributed by atoms with Crippen LogP contribution in [-0.2, 0) is 10.2 Å². The topological polar surface area (TPSA) is 117 Å². The Bertz CT molecular complexity index is 428. The summed E-state index contributed by atoms with van der Waals surface area (Å²) in [5.74, 6) is 0.511. The molecule has 118 valence electrons. The molecule has 1 fully saturated rings. The number of nitrogens with zero attached hydrogens (tertiary/aromatic N) is 1. The Morgan fingerprint density at radius 3 is 2.45 bits per heavy atom. The number of amidine groups is 1. The Hall–Kier alpha value is -0.860. The molecular formula is C12H26N4O3S. The molecule has 1 aliphatic carbocycles. The fourth-order valence-electron chi connectivity index (χ4n) is 2.61. The Labute approximate surface area is 121 Å². The summed E-state index contributed by atoms with van der Waals surface area (Å²) in [6.45, 7) is 4.36. The molecule has 0 aliphatic heterocycles. The number of nitrogens with two attached hydrogens (primary N) is 1. The molecule has 0 heterocycles. The maximum Gasteiger partial charge on any atom is 0.277 e. The first-order chi connectivity index (χ1) is 9.39.